The molecule has 0 N–H and O–H groups in total. The molecule has 0 saturated heterocycles. The fourth-order valence-corrected chi connectivity index (χ4v) is 2.61. The van der Waals surface area contributed by atoms with Gasteiger partial charge in [0.2, 0.25) is 5.89 Å². The van der Waals surface area contributed by atoms with E-state index < -0.39 is 5.97 Å². The Labute approximate surface area is 107 Å². The summed E-state index contributed by atoms with van der Waals surface area (Å²) in [7, 11) is 0. The Morgan fingerprint density at radius 3 is 2.94 bits per heavy atom. The van der Waals surface area contributed by atoms with E-state index in [0.29, 0.717) is 12.5 Å². The predicted octanol–water partition coefficient (Wildman–Crippen LogP) is 2.93. The Balaban J connectivity index is 2.16. The lowest BCUT2D eigenvalue weighted by atomic mass is 9.69. The monoisotopic (exact) mass is 252 g/mol. The second-order valence-corrected chi connectivity index (χ2v) is 5.46. The minimum Gasteiger partial charge on any atom is -0.460 e. The van der Waals surface area contributed by atoms with Crippen LogP contribution in [0.25, 0.3) is 0 Å². The molecule has 1 aliphatic carbocycles. The molecule has 0 aromatic carbocycles. The Hall–Kier alpha value is -1.39. The van der Waals surface area contributed by atoms with E-state index in [1.165, 1.54) is 12.8 Å². The summed E-state index contributed by atoms with van der Waals surface area (Å²) >= 11 is 0. The van der Waals surface area contributed by atoms with Crippen LogP contribution in [-0.4, -0.2) is 22.7 Å². The number of hydrogen-bond donors (Lipinski definition) is 0. The molecule has 100 valence electrons. The van der Waals surface area contributed by atoms with E-state index in [-0.39, 0.29) is 17.2 Å². The van der Waals surface area contributed by atoms with Gasteiger partial charge in [-0.3, -0.25) is 0 Å². The number of hydrogen-bond acceptors (Lipinski definition) is 5. The molecule has 0 spiro atoms. The number of esters is 1. The predicted molar refractivity (Wildman–Crippen MR) is 65.2 cm³/mol. The maximum absolute atomic E-state index is 11.5. The molecule has 0 bridgehead atoms. The molecule has 1 aromatic rings. The quantitative estimate of drug-likeness (QED) is 0.774. The van der Waals surface area contributed by atoms with Crippen molar-refractivity contribution in [1.82, 2.24) is 10.1 Å². The second-order valence-electron chi connectivity index (χ2n) is 5.46. The molecule has 1 atom stereocenters. The second kappa shape index (κ2) is 5.08. The number of ether oxygens (including phenoxy) is 1. The first-order valence-electron chi connectivity index (χ1n) is 6.55. The van der Waals surface area contributed by atoms with Gasteiger partial charge >= 0.3 is 5.97 Å². The zero-order chi connectivity index (χ0) is 13.2. The standard InChI is InChI=1S/C13H20N2O3/c1-4-17-12(16)10-14-11(18-15-10)9-7-5-6-8-13(9,2)3/h9H,4-8H2,1-3H3. The molecule has 2 rings (SSSR count). The summed E-state index contributed by atoms with van der Waals surface area (Å²) in [5.41, 5.74) is 0.150. The van der Waals surface area contributed by atoms with Crippen molar-refractivity contribution in [3.8, 4) is 0 Å². The van der Waals surface area contributed by atoms with Gasteiger partial charge in [0.25, 0.3) is 5.82 Å². The zero-order valence-corrected chi connectivity index (χ0v) is 11.2. The number of carbonyl (C=O) groups is 1. The minimum absolute atomic E-state index is 0.0354. The third-order valence-electron chi connectivity index (χ3n) is 3.71. The first-order valence-corrected chi connectivity index (χ1v) is 6.55. The van der Waals surface area contributed by atoms with Gasteiger partial charge in [0.1, 0.15) is 0 Å². The van der Waals surface area contributed by atoms with E-state index in [2.05, 4.69) is 24.0 Å². The first-order chi connectivity index (χ1) is 8.54. The van der Waals surface area contributed by atoms with Crippen molar-refractivity contribution < 1.29 is 14.1 Å². The Morgan fingerprint density at radius 1 is 1.50 bits per heavy atom. The van der Waals surface area contributed by atoms with Crippen LogP contribution in [0.3, 0.4) is 0 Å². The molecule has 18 heavy (non-hydrogen) atoms. The van der Waals surface area contributed by atoms with Crippen LogP contribution in [0.4, 0.5) is 0 Å². The number of carbonyl (C=O) groups excluding carboxylic acids is 1. The van der Waals surface area contributed by atoms with E-state index in [1.807, 2.05) is 0 Å². The molecule has 0 aliphatic heterocycles. The Kier molecular flexibility index (Phi) is 3.68. The van der Waals surface area contributed by atoms with Gasteiger partial charge in [0, 0.05) is 5.92 Å². The maximum atomic E-state index is 11.5. The highest BCUT2D eigenvalue weighted by molar-refractivity contribution is 5.84. The van der Waals surface area contributed by atoms with Crippen molar-refractivity contribution in [2.45, 2.75) is 52.4 Å². The Bertz CT molecular complexity index is 426. The number of nitrogens with zero attached hydrogens (tertiary/aromatic N) is 2. The Morgan fingerprint density at radius 2 is 2.28 bits per heavy atom. The van der Waals surface area contributed by atoms with E-state index in [4.69, 9.17) is 9.26 Å². The van der Waals surface area contributed by atoms with Crippen LogP contribution < -0.4 is 0 Å². The van der Waals surface area contributed by atoms with Crippen LogP contribution in [0.5, 0.6) is 0 Å². The summed E-state index contributed by atoms with van der Waals surface area (Å²) in [4.78, 5) is 15.7. The highest BCUT2D eigenvalue weighted by Gasteiger charge is 2.37. The summed E-state index contributed by atoms with van der Waals surface area (Å²) in [6.45, 7) is 6.50. The van der Waals surface area contributed by atoms with Crippen molar-refractivity contribution in [2.75, 3.05) is 6.61 Å². The summed E-state index contributed by atoms with van der Waals surface area (Å²) in [6.07, 6.45) is 4.60. The smallest absolute Gasteiger partial charge is 0.379 e. The molecule has 1 aliphatic rings. The average Bonchev–Trinajstić information content (AvgIpc) is 2.78. The molecule has 0 amide bonds. The van der Waals surface area contributed by atoms with Gasteiger partial charge in [0.15, 0.2) is 0 Å². The van der Waals surface area contributed by atoms with Crippen molar-refractivity contribution in [1.29, 1.82) is 0 Å². The van der Waals surface area contributed by atoms with Crippen LogP contribution in [0.2, 0.25) is 0 Å². The third kappa shape index (κ3) is 2.54. The maximum Gasteiger partial charge on any atom is 0.379 e. The van der Waals surface area contributed by atoms with Crippen molar-refractivity contribution in [3.05, 3.63) is 11.7 Å². The van der Waals surface area contributed by atoms with E-state index in [1.54, 1.807) is 6.92 Å². The van der Waals surface area contributed by atoms with Crippen molar-refractivity contribution in [2.24, 2.45) is 5.41 Å². The summed E-state index contributed by atoms with van der Waals surface area (Å²) < 4.78 is 10.1. The minimum atomic E-state index is -0.513. The lowest BCUT2D eigenvalue weighted by Crippen LogP contribution is -2.26. The average molecular weight is 252 g/mol. The molecule has 5 nitrogen and oxygen atoms in total. The third-order valence-corrected chi connectivity index (χ3v) is 3.71. The van der Waals surface area contributed by atoms with E-state index in [9.17, 15) is 4.79 Å². The molecule has 1 heterocycles. The summed E-state index contributed by atoms with van der Waals surface area (Å²) in [6, 6.07) is 0. The molecule has 1 fully saturated rings. The number of rotatable bonds is 3. The lowest BCUT2D eigenvalue weighted by Gasteiger charge is -2.36. The molecular weight excluding hydrogens is 232 g/mol. The highest BCUT2D eigenvalue weighted by Crippen LogP contribution is 2.46. The van der Waals surface area contributed by atoms with Crippen LogP contribution >= 0.6 is 0 Å². The molecule has 1 unspecified atom stereocenters. The van der Waals surface area contributed by atoms with Crippen LogP contribution in [0, 0.1) is 5.41 Å². The zero-order valence-electron chi connectivity index (χ0n) is 11.2. The summed E-state index contributed by atoms with van der Waals surface area (Å²) in [5, 5.41) is 3.71. The first kappa shape index (κ1) is 13.1. The lowest BCUT2D eigenvalue weighted by molar-refractivity contribution is 0.0508. The topological polar surface area (TPSA) is 65.2 Å². The van der Waals surface area contributed by atoms with Crippen LogP contribution in [-0.2, 0) is 4.74 Å². The van der Waals surface area contributed by atoms with Gasteiger partial charge in [-0.15, -0.1) is 0 Å². The van der Waals surface area contributed by atoms with Gasteiger partial charge < -0.3 is 9.26 Å². The normalized spacial score (nSPS) is 22.7. The molecule has 1 aromatic heterocycles. The highest BCUT2D eigenvalue weighted by atomic mass is 16.5. The van der Waals surface area contributed by atoms with Crippen molar-refractivity contribution in [3.63, 3.8) is 0 Å². The van der Waals surface area contributed by atoms with E-state index in [0.717, 1.165) is 12.8 Å². The van der Waals surface area contributed by atoms with Gasteiger partial charge in [-0.2, -0.15) is 4.98 Å². The molecule has 5 heteroatoms. The van der Waals surface area contributed by atoms with E-state index >= 15 is 0 Å². The van der Waals surface area contributed by atoms with Gasteiger partial charge in [-0.05, 0) is 30.3 Å². The van der Waals surface area contributed by atoms with Crippen LogP contribution in [0.1, 0.15) is 68.9 Å². The number of aromatic nitrogens is 2. The molecule has 1 saturated carbocycles. The van der Waals surface area contributed by atoms with Crippen LogP contribution in [0.15, 0.2) is 4.52 Å². The summed E-state index contributed by atoms with van der Waals surface area (Å²) in [5.74, 6) is 0.332. The fourth-order valence-electron chi connectivity index (χ4n) is 2.61. The SMILES string of the molecule is CCOC(=O)c1noc(C2CCCCC2(C)C)n1. The van der Waals surface area contributed by atoms with Crippen molar-refractivity contribution >= 4 is 5.97 Å². The van der Waals surface area contributed by atoms with Gasteiger partial charge in [-0.25, -0.2) is 4.79 Å². The molecular formula is C13H20N2O3. The largest absolute Gasteiger partial charge is 0.460 e. The fraction of sp³-hybridized carbons (Fsp3) is 0.769. The van der Waals surface area contributed by atoms with Gasteiger partial charge in [0.05, 0.1) is 6.61 Å². The van der Waals surface area contributed by atoms with Gasteiger partial charge in [-0.1, -0.05) is 26.7 Å². The molecule has 0 radical (unpaired) electrons.